The Bertz CT molecular complexity index is 419. The SMILES string of the molecule is NNc1nc(NC2CCOC2)cc(C(F)(F)F)n1. The normalized spacial score (nSPS) is 19.9. The van der Waals surface area contributed by atoms with E-state index >= 15 is 0 Å². The Morgan fingerprint density at radius 3 is 2.72 bits per heavy atom. The molecule has 4 N–H and O–H groups in total. The number of ether oxygens (including phenoxy) is 1. The van der Waals surface area contributed by atoms with Gasteiger partial charge in [-0.15, -0.1) is 0 Å². The second-order valence-corrected chi connectivity index (χ2v) is 3.81. The maximum absolute atomic E-state index is 12.6. The molecule has 1 saturated heterocycles. The highest BCUT2D eigenvalue weighted by atomic mass is 19.4. The molecule has 0 bridgehead atoms. The number of hydrazine groups is 1. The largest absolute Gasteiger partial charge is 0.433 e. The number of anilines is 2. The van der Waals surface area contributed by atoms with Crippen LogP contribution in [0.4, 0.5) is 24.9 Å². The van der Waals surface area contributed by atoms with E-state index in [1.807, 2.05) is 5.43 Å². The minimum Gasteiger partial charge on any atom is -0.379 e. The lowest BCUT2D eigenvalue weighted by molar-refractivity contribution is -0.141. The van der Waals surface area contributed by atoms with Crippen LogP contribution in [0.1, 0.15) is 12.1 Å². The van der Waals surface area contributed by atoms with Crippen molar-refractivity contribution in [1.82, 2.24) is 9.97 Å². The molecule has 9 heteroatoms. The average Bonchev–Trinajstić information content (AvgIpc) is 2.80. The van der Waals surface area contributed by atoms with Gasteiger partial charge in [-0.2, -0.15) is 18.2 Å². The van der Waals surface area contributed by atoms with Gasteiger partial charge in [0.05, 0.1) is 12.6 Å². The van der Waals surface area contributed by atoms with Gasteiger partial charge in [0.15, 0.2) is 5.69 Å². The molecule has 1 aliphatic rings. The molecule has 2 rings (SSSR count). The first-order valence-corrected chi connectivity index (χ1v) is 5.26. The van der Waals surface area contributed by atoms with Crippen LogP contribution in [-0.2, 0) is 10.9 Å². The molecule has 0 radical (unpaired) electrons. The summed E-state index contributed by atoms with van der Waals surface area (Å²) in [6.45, 7) is 1.02. The lowest BCUT2D eigenvalue weighted by Crippen LogP contribution is -2.22. The third-order valence-corrected chi connectivity index (χ3v) is 2.43. The van der Waals surface area contributed by atoms with Crippen molar-refractivity contribution < 1.29 is 17.9 Å². The highest BCUT2D eigenvalue weighted by Gasteiger charge is 2.34. The Labute approximate surface area is 101 Å². The van der Waals surface area contributed by atoms with E-state index in [9.17, 15) is 13.2 Å². The molecule has 1 aromatic heterocycles. The average molecular weight is 263 g/mol. The maximum atomic E-state index is 12.6. The van der Waals surface area contributed by atoms with E-state index in [-0.39, 0.29) is 17.8 Å². The number of nitrogen functional groups attached to an aromatic ring is 1. The van der Waals surface area contributed by atoms with Crippen LogP contribution in [0.2, 0.25) is 0 Å². The molecule has 6 nitrogen and oxygen atoms in total. The Balaban J connectivity index is 2.23. The molecular formula is C9H12F3N5O. The van der Waals surface area contributed by atoms with E-state index in [1.54, 1.807) is 0 Å². The maximum Gasteiger partial charge on any atom is 0.433 e. The standard InChI is InChI=1S/C9H12F3N5O/c10-9(11,12)6-3-7(16-8(15-6)17-13)14-5-1-2-18-4-5/h3,5H,1-2,4,13H2,(H2,14,15,16,17). The minimum absolute atomic E-state index is 0.0494. The van der Waals surface area contributed by atoms with Crippen LogP contribution in [0.15, 0.2) is 6.07 Å². The molecular weight excluding hydrogens is 251 g/mol. The number of nitrogens with one attached hydrogen (secondary N) is 2. The summed E-state index contributed by atoms with van der Waals surface area (Å²) in [4.78, 5) is 7.07. The number of rotatable bonds is 3. The lowest BCUT2D eigenvalue weighted by Gasteiger charge is -2.14. The van der Waals surface area contributed by atoms with Crippen molar-refractivity contribution in [3.05, 3.63) is 11.8 Å². The van der Waals surface area contributed by atoms with Gasteiger partial charge >= 0.3 is 6.18 Å². The molecule has 1 fully saturated rings. The zero-order chi connectivity index (χ0) is 13.2. The highest BCUT2D eigenvalue weighted by Crippen LogP contribution is 2.29. The molecule has 100 valence electrons. The number of hydrogen-bond donors (Lipinski definition) is 3. The molecule has 1 aliphatic heterocycles. The fraction of sp³-hybridized carbons (Fsp3) is 0.556. The molecule has 18 heavy (non-hydrogen) atoms. The van der Waals surface area contributed by atoms with Gasteiger partial charge < -0.3 is 10.1 Å². The zero-order valence-corrected chi connectivity index (χ0v) is 9.29. The van der Waals surface area contributed by atoms with E-state index in [0.717, 1.165) is 12.5 Å². The van der Waals surface area contributed by atoms with E-state index in [1.165, 1.54) is 0 Å². The molecule has 0 aromatic carbocycles. The zero-order valence-electron chi connectivity index (χ0n) is 9.29. The number of alkyl halides is 3. The van der Waals surface area contributed by atoms with Gasteiger partial charge in [-0.1, -0.05) is 0 Å². The number of aromatic nitrogens is 2. The summed E-state index contributed by atoms with van der Waals surface area (Å²) >= 11 is 0. The molecule has 0 saturated carbocycles. The predicted molar refractivity (Wildman–Crippen MR) is 57.7 cm³/mol. The van der Waals surface area contributed by atoms with Gasteiger partial charge in [0.2, 0.25) is 5.95 Å². The summed E-state index contributed by atoms with van der Waals surface area (Å²) in [7, 11) is 0. The predicted octanol–water partition coefficient (Wildman–Crippen LogP) is 0.982. The van der Waals surface area contributed by atoms with Gasteiger partial charge in [-0.25, -0.2) is 10.8 Å². The minimum atomic E-state index is -4.54. The van der Waals surface area contributed by atoms with E-state index in [2.05, 4.69) is 15.3 Å². The van der Waals surface area contributed by atoms with Crippen molar-refractivity contribution in [2.75, 3.05) is 24.0 Å². The number of hydrogen-bond acceptors (Lipinski definition) is 6. The van der Waals surface area contributed by atoms with Crippen LogP contribution in [-0.4, -0.2) is 29.2 Å². The summed E-state index contributed by atoms with van der Waals surface area (Å²) in [6, 6.07) is 0.797. The molecule has 1 unspecified atom stereocenters. The van der Waals surface area contributed by atoms with Gasteiger partial charge in [0, 0.05) is 12.7 Å². The third-order valence-electron chi connectivity index (χ3n) is 2.43. The van der Waals surface area contributed by atoms with Crippen molar-refractivity contribution in [2.24, 2.45) is 5.84 Å². The number of nitrogens with two attached hydrogens (primary N) is 1. The van der Waals surface area contributed by atoms with Crippen LogP contribution in [0.5, 0.6) is 0 Å². The van der Waals surface area contributed by atoms with Crippen LogP contribution in [0, 0.1) is 0 Å². The number of nitrogens with zero attached hydrogens (tertiary/aromatic N) is 2. The molecule has 0 amide bonds. The first-order valence-electron chi connectivity index (χ1n) is 5.26. The van der Waals surface area contributed by atoms with Crippen LogP contribution >= 0.6 is 0 Å². The Kier molecular flexibility index (Phi) is 3.53. The van der Waals surface area contributed by atoms with Crippen molar-refractivity contribution in [1.29, 1.82) is 0 Å². The van der Waals surface area contributed by atoms with Gasteiger partial charge in [0.25, 0.3) is 0 Å². The fourth-order valence-corrected chi connectivity index (χ4v) is 1.59. The van der Waals surface area contributed by atoms with Gasteiger partial charge in [-0.05, 0) is 6.42 Å². The van der Waals surface area contributed by atoms with Crippen molar-refractivity contribution >= 4 is 11.8 Å². The van der Waals surface area contributed by atoms with Crippen LogP contribution in [0.25, 0.3) is 0 Å². The van der Waals surface area contributed by atoms with Crippen molar-refractivity contribution in [2.45, 2.75) is 18.6 Å². The Hall–Kier alpha value is -1.61. The molecule has 0 aliphatic carbocycles. The van der Waals surface area contributed by atoms with E-state index in [4.69, 9.17) is 10.6 Å². The summed E-state index contributed by atoms with van der Waals surface area (Å²) in [5.41, 5.74) is 0.962. The van der Waals surface area contributed by atoms with E-state index < -0.39 is 11.9 Å². The topological polar surface area (TPSA) is 85.1 Å². The molecule has 1 atom stereocenters. The Morgan fingerprint density at radius 1 is 1.39 bits per heavy atom. The first kappa shape index (κ1) is 12.8. The summed E-state index contributed by atoms with van der Waals surface area (Å²) in [6.07, 6.45) is -3.83. The molecule has 0 spiro atoms. The quantitative estimate of drug-likeness (QED) is 0.557. The third kappa shape index (κ3) is 2.99. The lowest BCUT2D eigenvalue weighted by atomic mass is 10.2. The summed E-state index contributed by atoms with van der Waals surface area (Å²) in [5.74, 6) is 4.83. The Morgan fingerprint density at radius 2 is 2.17 bits per heavy atom. The summed E-state index contributed by atoms with van der Waals surface area (Å²) < 4.78 is 42.9. The van der Waals surface area contributed by atoms with Crippen LogP contribution in [0.3, 0.4) is 0 Å². The monoisotopic (exact) mass is 263 g/mol. The van der Waals surface area contributed by atoms with Crippen LogP contribution < -0.4 is 16.6 Å². The molecule has 2 heterocycles. The van der Waals surface area contributed by atoms with Crippen molar-refractivity contribution in [3.8, 4) is 0 Å². The van der Waals surface area contributed by atoms with E-state index in [0.29, 0.717) is 13.2 Å². The van der Waals surface area contributed by atoms with Gasteiger partial charge in [-0.3, -0.25) is 5.43 Å². The second-order valence-electron chi connectivity index (χ2n) is 3.81. The fourth-order valence-electron chi connectivity index (χ4n) is 1.59. The first-order chi connectivity index (χ1) is 8.49. The summed E-state index contributed by atoms with van der Waals surface area (Å²) in [5, 5.41) is 2.86. The van der Waals surface area contributed by atoms with Gasteiger partial charge in [0.1, 0.15) is 5.82 Å². The number of halogens is 3. The second kappa shape index (κ2) is 4.94. The molecule has 1 aromatic rings. The smallest absolute Gasteiger partial charge is 0.379 e. The van der Waals surface area contributed by atoms with Crippen molar-refractivity contribution in [3.63, 3.8) is 0 Å². The highest BCUT2D eigenvalue weighted by molar-refractivity contribution is 5.43.